The van der Waals surface area contributed by atoms with Gasteiger partial charge in [0, 0.05) is 25.6 Å². The summed E-state index contributed by atoms with van der Waals surface area (Å²) in [4.78, 5) is 22.9. The van der Waals surface area contributed by atoms with Gasteiger partial charge >= 0.3 is 0 Å². The van der Waals surface area contributed by atoms with E-state index >= 15 is 0 Å². The molecule has 0 saturated heterocycles. The van der Waals surface area contributed by atoms with E-state index in [1.54, 1.807) is 12.1 Å². The minimum atomic E-state index is -0.0815. The Hall–Kier alpha value is -2.62. The first-order valence-corrected chi connectivity index (χ1v) is 7.30. The Morgan fingerprint density at radius 2 is 1.55 bits per heavy atom. The highest BCUT2D eigenvalue weighted by Crippen LogP contribution is 2.05. The zero-order valence-electron chi connectivity index (χ0n) is 12.6. The fourth-order valence-corrected chi connectivity index (χ4v) is 2.07. The van der Waals surface area contributed by atoms with Gasteiger partial charge in [-0.1, -0.05) is 42.5 Å². The molecule has 22 heavy (non-hydrogen) atoms. The molecule has 0 radical (unpaired) electrons. The third-order valence-electron chi connectivity index (χ3n) is 3.30. The van der Waals surface area contributed by atoms with Gasteiger partial charge in [0.25, 0.3) is 5.91 Å². The van der Waals surface area contributed by atoms with Crippen LogP contribution in [0.4, 0.5) is 0 Å². The molecule has 0 spiro atoms. The molecule has 114 valence electrons. The summed E-state index contributed by atoms with van der Waals surface area (Å²) < 4.78 is 0. The molecule has 2 N–H and O–H groups in total. The molecule has 2 aromatic rings. The van der Waals surface area contributed by atoms with Gasteiger partial charge in [0.15, 0.2) is 0 Å². The monoisotopic (exact) mass is 296 g/mol. The molecule has 0 fully saturated rings. The maximum Gasteiger partial charge on any atom is 0.251 e. The van der Waals surface area contributed by atoms with Crippen molar-refractivity contribution in [3.63, 3.8) is 0 Å². The number of hydrogen-bond donors (Lipinski definition) is 2. The zero-order chi connectivity index (χ0) is 15.8. The lowest BCUT2D eigenvalue weighted by Crippen LogP contribution is -2.25. The lowest BCUT2D eigenvalue weighted by Gasteiger charge is -2.07. The van der Waals surface area contributed by atoms with E-state index in [0.717, 1.165) is 12.0 Å². The minimum Gasteiger partial charge on any atom is -0.352 e. The first-order valence-electron chi connectivity index (χ1n) is 7.30. The normalized spacial score (nSPS) is 10.0. The summed E-state index contributed by atoms with van der Waals surface area (Å²) >= 11 is 0. The highest BCUT2D eigenvalue weighted by atomic mass is 16.2. The van der Waals surface area contributed by atoms with Crippen molar-refractivity contribution in [1.82, 2.24) is 10.6 Å². The summed E-state index contributed by atoms with van der Waals surface area (Å²) in [6, 6.07) is 17.3. The Labute approximate surface area is 130 Å². The lowest BCUT2D eigenvalue weighted by molar-refractivity contribution is -0.119. The van der Waals surface area contributed by atoms with Crippen molar-refractivity contribution in [2.45, 2.75) is 19.9 Å². The molecule has 0 unspecified atom stereocenters. The second kappa shape index (κ2) is 7.98. The Kier molecular flexibility index (Phi) is 5.72. The molecule has 0 aromatic heterocycles. The van der Waals surface area contributed by atoms with E-state index in [0.29, 0.717) is 18.7 Å². The molecule has 4 heteroatoms. The molecule has 4 nitrogen and oxygen atoms in total. The Morgan fingerprint density at radius 3 is 2.18 bits per heavy atom. The number of carbonyl (C=O) groups excluding carboxylic acids is 2. The van der Waals surface area contributed by atoms with Crippen molar-refractivity contribution in [2.24, 2.45) is 0 Å². The maximum atomic E-state index is 12.0. The van der Waals surface area contributed by atoms with Crippen LogP contribution in [0.3, 0.4) is 0 Å². The van der Waals surface area contributed by atoms with Gasteiger partial charge < -0.3 is 10.6 Å². The summed E-state index contributed by atoms with van der Waals surface area (Å²) in [5, 5.41) is 5.63. The van der Waals surface area contributed by atoms with Gasteiger partial charge in [0.05, 0.1) is 0 Å². The predicted molar refractivity (Wildman–Crippen MR) is 86.4 cm³/mol. The van der Waals surface area contributed by atoms with Crippen LogP contribution in [0.15, 0.2) is 54.6 Å². The van der Waals surface area contributed by atoms with Gasteiger partial charge in [-0.3, -0.25) is 9.59 Å². The predicted octanol–water partition coefficient (Wildman–Crippen LogP) is 2.30. The number of rotatable bonds is 6. The average Bonchev–Trinajstić information content (AvgIpc) is 2.54. The molecular weight excluding hydrogens is 276 g/mol. The van der Waals surface area contributed by atoms with Crippen LogP contribution in [-0.4, -0.2) is 18.4 Å². The number of amides is 2. The molecule has 2 aromatic carbocycles. The van der Waals surface area contributed by atoms with E-state index < -0.39 is 0 Å². The van der Waals surface area contributed by atoms with Gasteiger partial charge in [0.1, 0.15) is 0 Å². The van der Waals surface area contributed by atoms with Crippen LogP contribution in [-0.2, 0) is 17.8 Å². The summed E-state index contributed by atoms with van der Waals surface area (Å²) in [5.74, 6) is -0.148. The molecule has 0 aliphatic carbocycles. The van der Waals surface area contributed by atoms with Crippen LogP contribution in [0, 0.1) is 0 Å². The van der Waals surface area contributed by atoms with Crippen LogP contribution < -0.4 is 10.6 Å². The number of nitrogens with one attached hydrogen (secondary N) is 2. The molecule has 0 aliphatic rings. The molecule has 0 saturated carbocycles. The summed E-state index contributed by atoms with van der Waals surface area (Å²) in [6.07, 6.45) is 0.813. The highest BCUT2D eigenvalue weighted by molar-refractivity contribution is 5.94. The lowest BCUT2D eigenvalue weighted by atomic mass is 10.1. The van der Waals surface area contributed by atoms with Gasteiger partial charge in [-0.15, -0.1) is 0 Å². The third kappa shape index (κ3) is 5.05. The Balaban J connectivity index is 1.81. The first kappa shape index (κ1) is 15.8. The number of hydrogen-bond acceptors (Lipinski definition) is 2. The zero-order valence-corrected chi connectivity index (χ0v) is 12.6. The van der Waals surface area contributed by atoms with E-state index in [1.165, 1.54) is 12.5 Å². The second-order valence-electron chi connectivity index (χ2n) is 5.10. The molecule has 2 amide bonds. The van der Waals surface area contributed by atoms with Gasteiger partial charge in [0.2, 0.25) is 5.91 Å². The van der Waals surface area contributed by atoms with E-state index in [1.807, 2.05) is 42.5 Å². The van der Waals surface area contributed by atoms with E-state index in [2.05, 4.69) is 10.6 Å². The largest absolute Gasteiger partial charge is 0.352 e. The minimum absolute atomic E-state index is 0.0669. The number of benzene rings is 2. The fraction of sp³-hybridized carbons (Fsp3) is 0.222. The van der Waals surface area contributed by atoms with Gasteiger partial charge in [-0.05, 0) is 29.7 Å². The van der Waals surface area contributed by atoms with Crippen molar-refractivity contribution in [3.05, 3.63) is 71.3 Å². The van der Waals surface area contributed by atoms with Crippen LogP contribution in [0.1, 0.15) is 28.4 Å². The summed E-state index contributed by atoms with van der Waals surface area (Å²) in [6.45, 7) is 2.57. The maximum absolute atomic E-state index is 12.0. The van der Waals surface area contributed by atoms with E-state index in [-0.39, 0.29) is 11.8 Å². The quantitative estimate of drug-likeness (QED) is 0.859. The summed E-state index contributed by atoms with van der Waals surface area (Å²) in [5.41, 5.74) is 2.80. The summed E-state index contributed by atoms with van der Waals surface area (Å²) in [7, 11) is 0. The van der Waals surface area contributed by atoms with Crippen molar-refractivity contribution in [2.75, 3.05) is 6.54 Å². The molecule has 2 rings (SSSR count). The smallest absolute Gasteiger partial charge is 0.251 e. The Morgan fingerprint density at radius 1 is 0.864 bits per heavy atom. The van der Waals surface area contributed by atoms with Crippen molar-refractivity contribution in [3.8, 4) is 0 Å². The van der Waals surface area contributed by atoms with E-state index in [9.17, 15) is 9.59 Å². The average molecular weight is 296 g/mol. The third-order valence-corrected chi connectivity index (χ3v) is 3.30. The van der Waals surface area contributed by atoms with Crippen LogP contribution >= 0.6 is 0 Å². The fourth-order valence-electron chi connectivity index (χ4n) is 2.07. The molecule has 0 atom stereocenters. The van der Waals surface area contributed by atoms with Crippen molar-refractivity contribution in [1.29, 1.82) is 0 Å². The molecule has 0 aliphatic heterocycles. The topological polar surface area (TPSA) is 58.2 Å². The second-order valence-corrected chi connectivity index (χ2v) is 5.10. The van der Waals surface area contributed by atoms with Crippen molar-refractivity contribution >= 4 is 11.8 Å². The van der Waals surface area contributed by atoms with Crippen LogP contribution in [0.2, 0.25) is 0 Å². The van der Waals surface area contributed by atoms with Gasteiger partial charge in [-0.2, -0.15) is 0 Å². The highest BCUT2D eigenvalue weighted by Gasteiger charge is 2.05. The SMILES string of the molecule is CC(=O)NCc1ccc(C(=O)NCCc2ccccc2)cc1. The van der Waals surface area contributed by atoms with E-state index in [4.69, 9.17) is 0 Å². The Bertz CT molecular complexity index is 621. The first-order chi connectivity index (χ1) is 10.6. The standard InChI is InChI=1S/C18H20N2O2/c1-14(21)20-13-16-7-9-17(10-8-16)18(22)19-12-11-15-5-3-2-4-6-15/h2-10H,11-13H2,1H3,(H,19,22)(H,20,21). The van der Waals surface area contributed by atoms with Crippen molar-refractivity contribution < 1.29 is 9.59 Å². The van der Waals surface area contributed by atoms with Crippen LogP contribution in [0.5, 0.6) is 0 Å². The molecule has 0 bridgehead atoms. The van der Waals surface area contributed by atoms with Gasteiger partial charge in [-0.25, -0.2) is 0 Å². The molecular formula is C18H20N2O2. The number of carbonyl (C=O) groups is 2. The molecule has 0 heterocycles. The van der Waals surface area contributed by atoms with Crippen LogP contribution in [0.25, 0.3) is 0 Å².